The highest BCUT2D eigenvalue weighted by molar-refractivity contribution is 5.76. The summed E-state index contributed by atoms with van der Waals surface area (Å²) < 4.78 is 26.2. The summed E-state index contributed by atoms with van der Waals surface area (Å²) in [5, 5.41) is 5.74. The van der Waals surface area contributed by atoms with E-state index in [0.717, 1.165) is 18.2 Å². The van der Waals surface area contributed by atoms with E-state index in [4.69, 9.17) is 0 Å². The van der Waals surface area contributed by atoms with Crippen molar-refractivity contribution in [3.8, 4) is 0 Å². The van der Waals surface area contributed by atoms with Crippen molar-refractivity contribution >= 4 is 5.91 Å². The summed E-state index contributed by atoms with van der Waals surface area (Å²) in [6.07, 6.45) is 0.300. The highest BCUT2D eigenvalue weighted by Gasteiger charge is 2.13. The smallest absolute Gasteiger partial charge is 0.221 e. The average molecular weight is 270 g/mol. The quantitative estimate of drug-likeness (QED) is 0.806. The van der Waals surface area contributed by atoms with Crippen molar-refractivity contribution in [2.45, 2.75) is 39.3 Å². The normalized spacial score (nSPS) is 11.4. The van der Waals surface area contributed by atoms with Crippen LogP contribution in [-0.2, 0) is 11.3 Å². The van der Waals surface area contributed by atoms with E-state index in [1.165, 1.54) is 0 Å². The van der Waals surface area contributed by atoms with E-state index < -0.39 is 11.6 Å². The van der Waals surface area contributed by atoms with Crippen molar-refractivity contribution in [2.24, 2.45) is 0 Å². The predicted molar refractivity (Wildman–Crippen MR) is 70.6 cm³/mol. The van der Waals surface area contributed by atoms with Gasteiger partial charge in [-0.05, 0) is 39.0 Å². The molecule has 19 heavy (non-hydrogen) atoms. The van der Waals surface area contributed by atoms with Gasteiger partial charge in [0, 0.05) is 30.6 Å². The second-order valence-electron chi connectivity index (χ2n) is 5.46. The molecule has 0 fully saturated rings. The Hall–Kier alpha value is -1.49. The van der Waals surface area contributed by atoms with Gasteiger partial charge < -0.3 is 10.6 Å². The molecule has 1 rings (SSSR count). The second kappa shape index (κ2) is 6.61. The van der Waals surface area contributed by atoms with Crippen molar-refractivity contribution in [3.05, 3.63) is 35.4 Å². The second-order valence-corrected chi connectivity index (χ2v) is 5.46. The highest BCUT2D eigenvalue weighted by atomic mass is 19.1. The molecule has 0 heterocycles. The van der Waals surface area contributed by atoms with Crippen molar-refractivity contribution in [3.63, 3.8) is 0 Å². The zero-order valence-corrected chi connectivity index (χ0v) is 11.5. The molecular formula is C14H20F2N2O. The van der Waals surface area contributed by atoms with Gasteiger partial charge in [-0.25, -0.2) is 8.78 Å². The highest BCUT2D eigenvalue weighted by Crippen LogP contribution is 2.09. The molecule has 0 aromatic heterocycles. The number of hydrogen-bond acceptors (Lipinski definition) is 2. The van der Waals surface area contributed by atoms with Crippen LogP contribution in [0.2, 0.25) is 0 Å². The molecule has 0 saturated heterocycles. The molecule has 5 heteroatoms. The molecule has 0 atom stereocenters. The molecule has 1 aromatic carbocycles. The van der Waals surface area contributed by atoms with Crippen molar-refractivity contribution in [1.29, 1.82) is 0 Å². The van der Waals surface area contributed by atoms with E-state index in [0.29, 0.717) is 13.0 Å². The van der Waals surface area contributed by atoms with Gasteiger partial charge in [0.25, 0.3) is 0 Å². The Morgan fingerprint density at radius 1 is 1.26 bits per heavy atom. The first-order chi connectivity index (χ1) is 8.78. The predicted octanol–water partition coefficient (Wildman–Crippen LogP) is 2.36. The summed E-state index contributed by atoms with van der Waals surface area (Å²) in [5.74, 6) is -0.989. The Labute approximate surface area is 112 Å². The molecule has 1 aromatic rings. The Bertz CT molecular complexity index is 442. The first-order valence-corrected chi connectivity index (χ1v) is 6.23. The Morgan fingerprint density at radius 2 is 1.95 bits per heavy atom. The average Bonchev–Trinajstić information content (AvgIpc) is 2.26. The minimum Gasteiger partial charge on any atom is -0.351 e. The number of carbonyl (C=O) groups is 1. The van der Waals surface area contributed by atoms with Gasteiger partial charge in [0.05, 0.1) is 0 Å². The number of carbonyl (C=O) groups excluding carboxylic acids is 1. The minimum absolute atomic E-state index is 0.0697. The van der Waals surface area contributed by atoms with Crippen LogP contribution in [0.3, 0.4) is 0 Å². The zero-order chi connectivity index (χ0) is 14.5. The maximum atomic E-state index is 13.3. The number of halogens is 2. The van der Waals surface area contributed by atoms with Gasteiger partial charge in [-0.3, -0.25) is 4.79 Å². The van der Waals surface area contributed by atoms with Crippen LogP contribution in [0, 0.1) is 11.6 Å². The monoisotopic (exact) mass is 270 g/mol. The number of benzene rings is 1. The molecule has 0 saturated carbocycles. The first-order valence-electron chi connectivity index (χ1n) is 6.23. The largest absolute Gasteiger partial charge is 0.351 e. The van der Waals surface area contributed by atoms with E-state index in [2.05, 4.69) is 10.6 Å². The van der Waals surface area contributed by atoms with Crippen LogP contribution in [0.15, 0.2) is 18.2 Å². The summed E-state index contributed by atoms with van der Waals surface area (Å²) in [4.78, 5) is 11.5. The number of rotatable bonds is 5. The summed E-state index contributed by atoms with van der Waals surface area (Å²) in [5.41, 5.74) is 0.00221. The molecule has 2 N–H and O–H groups in total. The van der Waals surface area contributed by atoms with Gasteiger partial charge in [0.1, 0.15) is 11.6 Å². The molecule has 0 aliphatic heterocycles. The topological polar surface area (TPSA) is 41.1 Å². The zero-order valence-electron chi connectivity index (χ0n) is 11.5. The van der Waals surface area contributed by atoms with Gasteiger partial charge in [-0.1, -0.05) is 0 Å². The molecule has 0 bridgehead atoms. The lowest BCUT2D eigenvalue weighted by atomic mass is 10.1. The van der Waals surface area contributed by atoms with E-state index in [1.807, 2.05) is 20.8 Å². The molecular weight excluding hydrogens is 250 g/mol. The van der Waals surface area contributed by atoms with Crippen molar-refractivity contribution in [2.75, 3.05) is 6.54 Å². The summed E-state index contributed by atoms with van der Waals surface area (Å²) in [7, 11) is 0. The molecule has 0 radical (unpaired) electrons. The van der Waals surface area contributed by atoms with E-state index in [-0.39, 0.29) is 23.6 Å². The molecule has 0 spiro atoms. The molecule has 3 nitrogen and oxygen atoms in total. The first kappa shape index (κ1) is 15.6. The van der Waals surface area contributed by atoms with Crippen molar-refractivity contribution < 1.29 is 13.6 Å². The van der Waals surface area contributed by atoms with Crippen LogP contribution in [0.25, 0.3) is 0 Å². The van der Waals surface area contributed by atoms with Crippen LogP contribution in [0.5, 0.6) is 0 Å². The summed E-state index contributed by atoms with van der Waals surface area (Å²) in [6, 6.07) is 3.33. The SMILES string of the molecule is CC(C)(C)NC(=O)CCNCc1cc(F)ccc1F. The van der Waals surface area contributed by atoms with E-state index >= 15 is 0 Å². The Morgan fingerprint density at radius 3 is 2.58 bits per heavy atom. The van der Waals surface area contributed by atoms with Crippen LogP contribution in [0.4, 0.5) is 8.78 Å². The third-order valence-electron chi connectivity index (χ3n) is 2.37. The maximum absolute atomic E-state index is 13.3. The minimum atomic E-state index is -0.469. The molecule has 106 valence electrons. The lowest BCUT2D eigenvalue weighted by Crippen LogP contribution is -2.41. The Balaban J connectivity index is 2.31. The standard InChI is InChI=1S/C14H20F2N2O/c1-14(2,3)18-13(19)6-7-17-9-10-8-11(15)4-5-12(10)16/h4-5,8,17H,6-7,9H2,1-3H3,(H,18,19). The fraction of sp³-hybridized carbons (Fsp3) is 0.500. The van der Waals surface area contributed by atoms with E-state index in [1.54, 1.807) is 0 Å². The van der Waals surface area contributed by atoms with Gasteiger partial charge in [0.2, 0.25) is 5.91 Å². The summed E-state index contributed by atoms with van der Waals surface area (Å²) >= 11 is 0. The van der Waals surface area contributed by atoms with Crippen LogP contribution < -0.4 is 10.6 Å². The number of amides is 1. The fourth-order valence-corrected chi connectivity index (χ4v) is 1.58. The lowest BCUT2D eigenvalue weighted by Gasteiger charge is -2.20. The van der Waals surface area contributed by atoms with E-state index in [9.17, 15) is 13.6 Å². The summed E-state index contributed by atoms with van der Waals surface area (Å²) in [6.45, 7) is 6.33. The molecule has 0 aliphatic carbocycles. The van der Waals surface area contributed by atoms with Gasteiger partial charge >= 0.3 is 0 Å². The molecule has 1 amide bonds. The Kier molecular flexibility index (Phi) is 5.42. The van der Waals surface area contributed by atoms with Crippen LogP contribution >= 0.6 is 0 Å². The molecule has 0 unspecified atom stereocenters. The van der Waals surface area contributed by atoms with Gasteiger partial charge in [0.15, 0.2) is 0 Å². The third kappa shape index (κ3) is 6.29. The van der Waals surface area contributed by atoms with Gasteiger partial charge in [-0.15, -0.1) is 0 Å². The van der Waals surface area contributed by atoms with Crippen LogP contribution in [0.1, 0.15) is 32.8 Å². The maximum Gasteiger partial charge on any atom is 0.221 e. The molecule has 0 aliphatic rings. The van der Waals surface area contributed by atoms with Crippen molar-refractivity contribution in [1.82, 2.24) is 10.6 Å². The fourth-order valence-electron chi connectivity index (χ4n) is 1.58. The van der Waals surface area contributed by atoms with Gasteiger partial charge in [-0.2, -0.15) is 0 Å². The van der Waals surface area contributed by atoms with Crippen LogP contribution in [-0.4, -0.2) is 18.0 Å². The lowest BCUT2D eigenvalue weighted by molar-refractivity contribution is -0.122. The third-order valence-corrected chi connectivity index (χ3v) is 2.37. The number of hydrogen-bond donors (Lipinski definition) is 2. The number of nitrogens with one attached hydrogen (secondary N) is 2.